The summed E-state index contributed by atoms with van der Waals surface area (Å²) >= 11 is 1.64. The first-order valence-corrected chi connectivity index (χ1v) is 12.0. The second kappa shape index (κ2) is 10.0. The van der Waals surface area contributed by atoms with Crippen molar-refractivity contribution in [2.45, 2.75) is 31.6 Å². The van der Waals surface area contributed by atoms with Crippen molar-refractivity contribution in [3.8, 4) is 0 Å². The van der Waals surface area contributed by atoms with Crippen LogP contribution in [0.15, 0.2) is 78.9 Å². The molecule has 2 amide bonds. The van der Waals surface area contributed by atoms with E-state index in [4.69, 9.17) is 0 Å². The van der Waals surface area contributed by atoms with E-state index in [9.17, 15) is 9.59 Å². The number of carbonyl (C=O) groups is 2. The number of amides is 2. The van der Waals surface area contributed by atoms with E-state index < -0.39 is 0 Å². The second-order valence-electron chi connectivity index (χ2n) is 8.30. The summed E-state index contributed by atoms with van der Waals surface area (Å²) in [4.78, 5) is 27.3. The molecular formula is C27H28N2O2S. The van der Waals surface area contributed by atoms with Crippen molar-refractivity contribution in [3.63, 3.8) is 0 Å². The number of thioether (sulfide) groups is 1. The molecule has 1 aliphatic rings. The predicted molar refractivity (Wildman–Crippen MR) is 132 cm³/mol. The van der Waals surface area contributed by atoms with Gasteiger partial charge in [0, 0.05) is 17.8 Å². The number of anilines is 1. The van der Waals surface area contributed by atoms with Crippen LogP contribution >= 0.6 is 11.8 Å². The van der Waals surface area contributed by atoms with E-state index in [0.29, 0.717) is 23.8 Å². The van der Waals surface area contributed by atoms with Crippen LogP contribution in [0.1, 0.15) is 52.2 Å². The minimum Gasteiger partial charge on any atom is -0.326 e. The average molecular weight is 445 g/mol. The molecular weight excluding hydrogens is 416 g/mol. The minimum atomic E-state index is -0.124. The van der Waals surface area contributed by atoms with Gasteiger partial charge in [-0.2, -0.15) is 0 Å². The fourth-order valence-electron chi connectivity index (χ4n) is 3.97. The molecule has 1 N–H and O–H groups in total. The first-order valence-electron chi connectivity index (χ1n) is 11.0. The Morgan fingerprint density at radius 2 is 1.69 bits per heavy atom. The fourth-order valence-corrected chi connectivity index (χ4v) is 5.19. The van der Waals surface area contributed by atoms with Crippen LogP contribution in [0.2, 0.25) is 0 Å². The molecule has 0 aliphatic carbocycles. The maximum Gasteiger partial charge on any atom is 0.255 e. The van der Waals surface area contributed by atoms with Gasteiger partial charge in [-0.25, -0.2) is 0 Å². The van der Waals surface area contributed by atoms with Crippen molar-refractivity contribution in [2.75, 3.05) is 17.6 Å². The van der Waals surface area contributed by atoms with E-state index in [2.05, 4.69) is 31.3 Å². The molecule has 1 aliphatic heterocycles. The number of para-hydroxylation sites is 1. The molecule has 0 radical (unpaired) electrons. The highest BCUT2D eigenvalue weighted by atomic mass is 32.2. The fraction of sp³-hybridized carbons (Fsp3) is 0.259. The van der Waals surface area contributed by atoms with Crippen LogP contribution in [0.4, 0.5) is 5.69 Å². The van der Waals surface area contributed by atoms with Crippen molar-refractivity contribution in [1.29, 1.82) is 0 Å². The van der Waals surface area contributed by atoms with Crippen LogP contribution in [0.25, 0.3) is 0 Å². The highest BCUT2D eigenvalue weighted by molar-refractivity contribution is 8.00. The van der Waals surface area contributed by atoms with E-state index in [1.54, 1.807) is 11.8 Å². The van der Waals surface area contributed by atoms with Gasteiger partial charge in [-0.05, 0) is 47.2 Å². The molecule has 1 heterocycles. The Kier molecular flexibility index (Phi) is 6.96. The van der Waals surface area contributed by atoms with E-state index in [-0.39, 0.29) is 17.2 Å². The van der Waals surface area contributed by atoms with Gasteiger partial charge in [0.1, 0.15) is 5.37 Å². The van der Waals surface area contributed by atoms with Gasteiger partial charge in [0.05, 0.1) is 5.75 Å². The summed E-state index contributed by atoms with van der Waals surface area (Å²) < 4.78 is 0. The highest BCUT2D eigenvalue weighted by Crippen LogP contribution is 2.38. The standard InChI is InChI=1S/C27H28N2O2S/c1-19(2)23-10-6-7-11-24(23)28-26(31)21-12-14-22(15-13-21)27-29(25(30)18-32-27)17-16-20-8-4-3-5-9-20/h3-15,19,27H,16-18H2,1-2H3,(H,28,31)/t27-/m0/s1. The van der Waals surface area contributed by atoms with Gasteiger partial charge in [0.15, 0.2) is 0 Å². The van der Waals surface area contributed by atoms with Gasteiger partial charge < -0.3 is 10.2 Å². The van der Waals surface area contributed by atoms with Crippen molar-refractivity contribution >= 4 is 29.3 Å². The number of carbonyl (C=O) groups excluding carboxylic acids is 2. The van der Waals surface area contributed by atoms with Gasteiger partial charge in [-0.3, -0.25) is 9.59 Å². The maximum absolute atomic E-state index is 12.8. The summed E-state index contributed by atoms with van der Waals surface area (Å²) in [5.74, 6) is 0.865. The highest BCUT2D eigenvalue weighted by Gasteiger charge is 2.32. The zero-order chi connectivity index (χ0) is 22.5. The lowest BCUT2D eigenvalue weighted by Gasteiger charge is -2.24. The zero-order valence-corrected chi connectivity index (χ0v) is 19.3. The van der Waals surface area contributed by atoms with E-state index in [1.807, 2.05) is 71.6 Å². The third kappa shape index (κ3) is 5.05. The Labute approximate surface area is 194 Å². The Balaban J connectivity index is 1.44. The molecule has 0 saturated carbocycles. The number of rotatable bonds is 7. The van der Waals surface area contributed by atoms with Crippen molar-refractivity contribution in [2.24, 2.45) is 0 Å². The molecule has 0 spiro atoms. The number of hydrogen-bond acceptors (Lipinski definition) is 3. The van der Waals surface area contributed by atoms with E-state index in [1.165, 1.54) is 5.56 Å². The van der Waals surface area contributed by atoms with Gasteiger partial charge in [0.2, 0.25) is 5.91 Å². The average Bonchev–Trinajstić information content (AvgIpc) is 3.19. The molecule has 0 bridgehead atoms. The molecule has 1 fully saturated rings. The van der Waals surface area contributed by atoms with Crippen LogP contribution in [-0.2, 0) is 11.2 Å². The first kappa shape index (κ1) is 22.2. The normalized spacial score (nSPS) is 15.9. The van der Waals surface area contributed by atoms with Gasteiger partial charge in [-0.1, -0.05) is 74.5 Å². The third-order valence-electron chi connectivity index (χ3n) is 5.74. The topological polar surface area (TPSA) is 49.4 Å². The summed E-state index contributed by atoms with van der Waals surface area (Å²) in [6, 6.07) is 25.8. The molecule has 0 aromatic heterocycles. The smallest absolute Gasteiger partial charge is 0.255 e. The number of hydrogen-bond donors (Lipinski definition) is 1. The molecule has 0 unspecified atom stereocenters. The van der Waals surface area contributed by atoms with Gasteiger partial charge in [-0.15, -0.1) is 11.8 Å². The first-order chi connectivity index (χ1) is 15.5. The minimum absolute atomic E-state index is 0.00927. The number of benzene rings is 3. The molecule has 3 aromatic carbocycles. The molecule has 32 heavy (non-hydrogen) atoms. The Morgan fingerprint density at radius 1 is 1.00 bits per heavy atom. The molecule has 164 valence electrons. The Hall–Kier alpha value is -3.05. The number of nitrogens with one attached hydrogen (secondary N) is 1. The van der Waals surface area contributed by atoms with Crippen LogP contribution in [0.3, 0.4) is 0 Å². The molecule has 1 saturated heterocycles. The molecule has 3 aromatic rings. The van der Waals surface area contributed by atoms with Crippen LogP contribution < -0.4 is 5.32 Å². The summed E-state index contributed by atoms with van der Waals surface area (Å²) in [6.07, 6.45) is 0.833. The predicted octanol–water partition coefficient (Wildman–Crippen LogP) is 5.88. The second-order valence-corrected chi connectivity index (χ2v) is 9.37. The largest absolute Gasteiger partial charge is 0.326 e. The zero-order valence-electron chi connectivity index (χ0n) is 18.5. The molecule has 4 rings (SSSR count). The maximum atomic E-state index is 12.8. The van der Waals surface area contributed by atoms with Gasteiger partial charge >= 0.3 is 0 Å². The van der Waals surface area contributed by atoms with Crippen molar-refractivity contribution in [3.05, 3.63) is 101 Å². The monoisotopic (exact) mass is 444 g/mol. The lowest BCUT2D eigenvalue weighted by atomic mass is 10.0. The summed E-state index contributed by atoms with van der Waals surface area (Å²) in [5, 5.41) is 3.03. The van der Waals surface area contributed by atoms with Crippen LogP contribution in [0, 0.1) is 0 Å². The lowest BCUT2D eigenvalue weighted by Crippen LogP contribution is -2.30. The SMILES string of the molecule is CC(C)c1ccccc1NC(=O)c1ccc([C@@H]2SCC(=O)N2CCc2ccccc2)cc1. The summed E-state index contributed by atoms with van der Waals surface area (Å²) in [7, 11) is 0. The van der Waals surface area contributed by atoms with Crippen LogP contribution in [0.5, 0.6) is 0 Å². The Bertz CT molecular complexity index is 1080. The summed E-state index contributed by atoms with van der Waals surface area (Å²) in [5.41, 5.74) is 4.85. The van der Waals surface area contributed by atoms with Crippen molar-refractivity contribution < 1.29 is 9.59 Å². The quantitative estimate of drug-likeness (QED) is 0.495. The van der Waals surface area contributed by atoms with Crippen LogP contribution in [-0.4, -0.2) is 29.0 Å². The van der Waals surface area contributed by atoms with Crippen molar-refractivity contribution in [1.82, 2.24) is 4.90 Å². The van der Waals surface area contributed by atoms with E-state index in [0.717, 1.165) is 23.2 Å². The molecule has 1 atom stereocenters. The number of nitrogens with zero attached hydrogens (tertiary/aromatic N) is 1. The Morgan fingerprint density at radius 3 is 2.41 bits per heavy atom. The molecule has 5 heteroatoms. The molecule has 4 nitrogen and oxygen atoms in total. The van der Waals surface area contributed by atoms with E-state index >= 15 is 0 Å². The summed E-state index contributed by atoms with van der Waals surface area (Å²) in [6.45, 7) is 4.92. The lowest BCUT2D eigenvalue weighted by molar-refractivity contribution is -0.128. The van der Waals surface area contributed by atoms with Gasteiger partial charge in [0.25, 0.3) is 5.91 Å². The third-order valence-corrected chi connectivity index (χ3v) is 7.00.